The van der Waals surface area contributed by atoms with Crippen molar-refractivity contribution in [3.05, 3.63) is 55.0 Å². The Morgan fingerprint density at radius 1 is 1.00 bits per heavy atom. The van der Waals surface area contributed by atoms with Gasteiger partial charge in [0.25, 0.3) is 0 Å². The van der Waals surface area contributed by atoms with Gasteiger partial charge in [0, 0.05) is 62.4 Å². The molecule has 2 aromatic heterocycles. The first-order valence-electron chi connectivity index (χ1n) is 11.3. The number of carbonyl (C=O) groups is 1. The fourth-order valence-corrected chi connectivity index (χ4v) is 3.92. The quantitative estimate of drug-likeness (QED) is 0.307. The Balaban J connectivity index is 1.81. The minimum Gasteiger partial charge on any atom is -0.497 e. The van der Waals surface area contributed by atoms with Crippen LogP contribution in [0.25, 0.3) is 22.3 Å². The van der Waals surface area contributed by atoms with E-state index in [2.05, 4.69) is 10.1 Å². The van der Waals surface area contributed by atoms with E-state index in [-0.39, 0.29) is 12.6 Å². The zero-order chi connectivity index (χ0) is 25.7. The summed E-state index contributed by atoms with van der Waals surface area (Å²) in [5, 5.41) is 4.23. The lowest BCUT2D eigenvalue weighted by molar-refractivity contribution is -0.148. The van der Waals surface area contributed by atoms with Gasteiger partial charge in [-0.25, -0.2) is 4.98 Å². The van der Waals surface area contributed by atoms with Crippen LogP contribution in [0.2, 0.25) is 0 Å². The Hall–Kier alpha value is -4.18. The summed E-state index contributed by atoms with van der Waals surface area (Å²) in [6, 6.07) is 11.4. The molecule has 4 aromatic rings. The standard InChI is InChI=1S/C26H29N5O5/c1-17(32)36-23(16-33-3)15-31(20-8-21(34-4)11-22(9-20)35-5)19-6-7-24-25(10-19)29-26(13-27-24)18-12-28-30(2)14-18/h6-14,23H,15-16H2,1-5H3/t23-/m0/s1. The molecule has 0 saturated carbocycles. The van der Waals surface area contributed by atoms with Crippen LogP contribution in [0.4, 0.5) is 11.4 Å². The molecule has 10 nitrogen and oxygen atoms in total. The number of esters is 1. The molecule has 36 heavy (non-hydrogen) atoms. The third-order valence-corrected chi connectivity index (χ3v) is 5.56. The highest BCUT2D eigenvalue weighted by Gasteiger charge is 2.21. The van der Waals surface area contributed by atoms with Crippen LogP contribution in [-0.2, 0) is 21.3 Å². The van der Waals surface area contributed by atoms with Crippen molar-refractivity contribution in [3.63, 3.8) is 0 Å². The van der Waals surface area contributed by atoms with Gasteiger partial charge in [0.05, 0.1) is 56.5 Å². The van der Waals surface area contributed by atoms with Gasteiger partial charge < -0.3 is 23.8 Å². The molecule has 2 aromatic carbocycles. The van der Waals surface area contributed by atoms with E-state index < -0.39 is 6.10 Å². The molecule has 2 heterocycles. The second-order valence-electron chi connectivity index (χ2n) is 8.20. The Morgan fingerprint density at radius 2 is 1.75 bits per heavy atom. The Bertz CT molecular complexity index is 1330. The largest absolute Gasteiger partial charge is 0.497 e. The van der Waals surface area contributed by atoms with Gasteiger partial charge in [-0.1, -0.05) is 0 Å². The Kier molecular flexibility index (Phi) is 7.65. The number of aryl methyl sites for hydroxylation is 1. The lowest BCUT2D eigenvalue weighted by Crippen LogP contribution is -2.35. The van der Waals surface area contributed by atoms with E-state index in [0.29, 0.717) is 23.6 Å². The van der Waals surface area contributed by atoms with Gasteiger partial charge in [-0.05, 0) is 18.2 Å². The normalized spacial score (nSPS) is 11.8. The van der Waals surface area contributed by atoms with Crippen LogP contribution in [0.15, 0.2) is 55.0 Å². The van der Waals surface area contributed by atoms with Gasteiger partial charge in [-0.3, -0.25) is 14.5 Å². The van der Waals surface area contributed by atoms with E-state index in [4.69, 9.17) is 23.9 Å². The van der Waals surface area contributed by atoms with Crippen molar-refractivity contribution in [1.29, 1.82) is 0 Å². The molecule has 0 aliphatic heterocycles. The van der Waals surface area contributed by atoms with Crippen LogP contribution in [-0.4, -0.2) is 66.3 Å². The second kappa shape index (κ2) is 11.0. The minimum absolute atomic E-state index is 0.232. The molecule has 0 aliphatic carbocycles. The molecule has 0 saturated heterocycles. The predicted molar refractivity (Wildman–Crippen MR) is 136 cm³/mol. The van der Waals surface area contributed by atoms with Crippen molar-refractivity contribution in [1.82, 2.24) is 19.7 Å². The third kappa shape index (κ3) is 5.72. The summed E-state index contributed by atoms with van der Waals surface area (Å²) in [7, 11) is 6.62. The highest BCUT2D eigenvalue weighted by molar-refractivity contribution is 5.82. The maximum atomic E-state index is 11.8. The third-order valence-electron chi connectivity index (χ3n) is 5.56. The lowest BCUT2D eigenvalue weighted by atomic mass is 10.1. The van der Waals surface area contributed by atoms with Crippen molar-refractivity contribution in [2.45, 2.75) is 13.0 Å². The molecule has 0 amide bonds. The van der Waals surface area contributed by atoms with Crippen LogP contribution in [0, 0.1) is 0 Å². The van der Waals surface area contributed by atoms with E-state index in [1.807, 2.05) is 48.5 Å². The number of hydrogen-bond acceptors (Lipinski definition) is 9. The molecule has 0 bridgehead atoms. The smallest absolute Gasteiger partial charge is 0.303 e. The number of benzene rings is 2. The molecule has 0 aliphatic rings. The van der Waals surface area contributed by atoms with Crippen molar-refractivity contribution >= 4 is 28.4 Å². The SMILES string of the molecule is COC[C@H](CN(c1cc(OC)cc(OC)c1)c1ccc2ncc(-c3cnn(C)c3)nc2c1)OC(C)=O. The summed E-state index contributed by atoms with van der Waals surface area (Å²) in [6.45, 7) is 1.94. The summed E-state index contributed by atoms with van der Waals surface area (Å²) in [5.41, 5.74) is 4.67. The first kappa shape index (κ1) is 24.9. The highest BCUT2D eigenvalue weighted by atomic mass is 16.6. The maximum absolute atomic E-state index is 11.8. The molecular weight excluding hydrogens is 462 g/mol. The van der Waals surface area contributed by atoms with Crippen molar-refractivity contribution in [3.8, 4) is 22.8 Å². The van der Waals surface area contributed by atoms with Crippen LogP contribution in [0.3, 0.4) is 0 Å². The molecular formula is C26H29N5O5. The monoisotopic (exact) mass is 491 g/mol. The molecule has 0 N–H and O–H groups in total. The predicted octanol–water partition coefficient (Wildman–Crippen LogP) is 3.76. The first-order chi connectivity index (χ1) is 17.4. The maximum Gasteiger partial charge on any atom is 0.303 e. The average Bonchev–Trinajstić information content (AvgIpc) is 3.32. The molecule has 0 unspecified atom stereocenters. The summed E-state index contributed by atoms with van der Waals surface area (Å²) < 4.78 is 23.6. The van der Waals surface area contributed by atoms with Crippen LogP contribution in [0.5, 0.6) is 11.5 Å². The summed E-state index contributed by atoms with van der Waals surface area (Å²) in [4.78, 5) is 23.2. The van der Waals surface area contributed by atoms with Crippen LogP contribution in [0.1, 0.15) is 6.92 Å². The van der Waals surface area contributed by atoms with Gasteiger partial charge >= 0.3 is 5.97 Å². The van der Waals surface area contributed by atoms with Crippen molar-refractivity contribution in [2.75, 3.05) is 39.4 Å². The molecule has 0 spiro atoms. The van der Waals surface area contributed by atoms with E-state index in [1.165, 1.54) is 6.92 Å². The number of hydrogen-bond donors (Lipinski definition) is 0. The number of nitrogens with zero attached hydrogens (tertiary/aromatic N) is 5. The molecule has 188 valence electrons. The summed E-state index contributed by atoms with van der Waals surface area (Å²) in [5.74, 6) is 0.875. The van der Waals surface area contributed by atoms with Crippen molar-refractivity contribution in [2.24, 2.45) is 7.05 Å². The highest BCUT2D eigenvalue weighted by Crippen LogP contribution is 2.34. The van der Waals surface area contributed by atoms with Crippen LogP contribution >= 0.6 is 0 Å². The Morgan fingerprint density at radius 3 is 2.36 bits per heavy atom. The van der Waals surface area contributed by atoms with Gasteiger partial charge in [-0.15, -0.1) is 0 Å². The zero-order valence-corrected chi connectivity index (χ0v) is 21.0. The average molecular weight is 492 g/mol. The number of methoxy groups -OCH3 is 3. The topological polar surface area (TPSA) is 101 Å². The second-order valence-corrected chi connectivity index (χ2v) is 8.20. The Labute approximate surface area is 209 Å². The number of rotatable bonds is 10. The fourth-order valence-electron chi connectivity index (χ4n) is 3.92. The molecule has 0 fully saturated rings. The lowest BCUT2D eigenvalue weighted by Gasteiger charge is -2.29. The number of carbonyl (C=O) groups excluding carboxylic acids is 1. The van der Waals surface area contributed by atoms with E-state index in [0.717, 1.165) is 28.1 Å². The van der Waals surface area contributed by atoms with Gasteiger partial charge in [-0.2, -0.15) is 5.10 Å². The van der Waals surface area contributed by atoms with Crippen LogP contribution < -0.4 is 14.4 Å². The number of ether oxygens (including phenoxy) is 4. The number of anilines is 2. The molecule has 0 radical (unpaired) electrons. The summed E-state index contributed by atoms with van der Waals surface area (Å²) in [6.07, 6.45) is 4.86. The number of aromatic nitrogens is 4. The molecule has 1 atom stereocenters. The van der Waals surface area contributed by atoms with Gasteiger partial charge in [0.1, 0.15) is 17.6 Å². The zero-order valence-electron chi connectivity index (χ0n) is 21.0. The van der Waals surface area contributed by atoms with Gasteiger partial charge in [0.2, 0.25) is 0 Å². The summed E-state index contributed by atoms with van der Waals surface area (Å²) >= 11 is 0. The minimum atomic E-state index is -0.520. The van der Waals surface area contributed by atoms with E-state index in [9.17, 15) is 4.79 Å². The number of fused-ring (bicyclic) bond motifs is 1. The first-order valence-corrected chi connectivity index (χ1v) is 11.3. The van der Waals surface area contributed by atoms with Gasteiger partial charge in [0.15, 0.2) is 0 Å². The fraction of sp³-hybridized carbons (Fsp3) is 0.308. The van der Waals surface area contributed by atoms with E-state index >= 15 is 0 Å². The molecule has 10 heteroatoms. The molecule has 4 rings (SSSR count). The van der Waals surface area contributed by atoms with Crippen molar-refractivity contribution < 1.29 is 23.7 Å². The van der Waals surface area contributed by atoms with E-state index in [1.54, 1.807) is 44.5 Å².